The van der Waals surface area contributed by atoms with Crippen molar-refractivity contribution >= 4 is 11.6 Å². The zero-order valence-corrected chi connectivity index (χ0v) is 12.7. The lowest BCUT2D eigenvalue weighted by molar-refractivity contribution is 0.102. The Labute approximate surface area is 132 Å². The molecule has 3 aromatic rings. The van der Waals surface area contributed by atoms with Crippen molar-refractivity contribution in [2.75, 3.05) is 5.32 Å². The lowest BCUT2D eigenvalue weighted by Gasteiger charge is -2.10. The number of benzene rings is 1. The fourth-order valence-corrected chi connectivity index (χ4v) is 2.32. The average Bonchev–Trinajstić information content (AvgIpc) is 2.95. The summed E-state index contributed by atoms with van der Waals surface area (Å²) >= 11 is 0. The molecule has 0 saturated heterocycles. The molecule has 2 heterocycles. The molecule has 0 aliphatic rings. The van der Waals surface area contributed by atoms with E-state index in [-0.39, 0.29) is 5.91 Å². The number of hydrogen-bond acceptors (Lipinski definition) is 3. The second kappa shape index (κ2) is 6.00. The number of carbonyl (C=O) groups is 1. The number of aromatic nitrogens is 3. The summed E-state index contributed by atoms with van der Waals surface area (Å²) in [5, 5.41) is 6.81. The highest BCUT2D eigenvalue weighted by Crippen LogP contribution is 2.25. The van der Waals surface area contributed by atoms with E-state index in [9.17, 15) is 9.18 Å². The Kier molecular flexibility index (Phi) is 3.89. The molecular formula is C17H15FN4O. The summed E-state index contributed by atoms with van der Waals surface area (Å²) in [6.07, 6.45) is 4.72. The first-order valence-electron chi connectivity index (χ1n) is 7.06. The number of halogens is 1. The highest BCUT2D eigenvalue weighted by molar-refractivity contribution is 6.08. The van der Waals surface area contributed by atoms with Gasteiger partial charge in [-0.1, -0.05) is 18.2 Å². The van der Waals surface area contributed by atoms with Crippen LogP contribution in [0.2, 0.25) is 0 Å². The molecule has 0 aliphatic heterocycles. The molecule has 6 heteroatoms. The van der Waals surface area contributed by atoms with Crippen molar-refractivity contribution in [1.82, 2.24) is 14.8 Å². The molecule has 0 aliphatic carbocycles. The maximum absolute atomic E-state index is 13.4. The maximum atomic E-state index is 13.4. The van der Waals surface area contributed by atoms with Gasteiger partial charge in [0.15, 0.2) is 0 Å². The second-order valence-corrected chi connectivity index (χ2v) is 5.23. The van der Waals surface area contributed by atoms with Gasteiger partial charge in [0.05, 0.1) is 11.9 Å². The van der Waals surface area contributed by atoms with Gasteiger partial charge < -0.3 is 5.32 Å². The second-order valence-electron chi connectivity index (χ2n) is 5.23. The molecule has 116 valence electrons. The predicted molar refractivity (Wildman–Crippen MR) is 85.5 cm³/mol. The van der Waals surface area contributed by atoms with Crippen LogP contribution in [0.3, 0.4) is 0 Å². The van der Waals surface area contributed by atoms with E-state index >= 15 is 0 Å². The van der Waals surface area contributed by atoms with Crippen LogP contribution >= 0.6 is 0 Å². The van der Waals surface area contributed by atoms with E-state index in [1.165, 1.54) is 6.20 Å². The van der Waals surface area contributed by atoms with Crippen LogP contribution in [0.25, 0.3) is 11.1 Å². The van der Waals surface area contributed by atoms with E-state index < -0.39 is 5.95 Å². The summed E-state index contributed by atoms with van der Waals surface area (Å²) in [7, 11) is 1.77. The number of hydrogen-bond donors (Lipinski definition) is 1. The van der Waals surface area contributed by atoms with Crippen molar-refractivity contribution in [2.24, 2.45) is 7.05 Å². The van der Waals surface area contributed by atoms with Gasteiger partial charge in [0.2, 0.25) is 5.95 Å². The van der Waals surface area contributed by atoms with Gasteiger partial charge in [0.25, 0.3) is 5.91 Å². The Balaban J connectivity index is 1.96. The van der Waals surface area contributed by atoms with Crippen molar-refractivity contribution in [3.05, 3.63) is 66.0 Å². The molecule has 2 aromatic heterocycles. The molecule has 0 bridgehead atoms. The van der Waals surface area contributed by atoms with Gasteiger partial charge >= 0.3 is 0 Å². The summed E-state index contributed by atoms with van der Waals surface area (Å²) in [6.45, 7) is 1.64. The summed E-state index contributed by atoms with van der Waals surface area (Å²) < 4.78 is 15.0. The van der Waals surface area contributed by atoms with Gasteiger partial charge in [-0.3, -0.25) is 9.48 Å². The number of nitrogens with zero attached hydrogens (tertiary/aromatic N) is 3. The van der Waals surface area contributed by atoms with Crippen molar-refractivity contribution in [1.29, 1.82) is 0 Å². The van der Waals surface area contributed by atoms with Crippen LogP contribution in [-0.2, 0) is 7.05 Å². The SMILES string of the molecule is Cc1cc(-c2ccccc2C(=O)Nc2cnn(C)c2)cnc1F. The molecule has 1 N–H and O–H groups in total. The van der Waals surface area contributed by atoms with E-state index in [1.807, 2.05) is 12.1 Å². The highest BCUT2D eigenvalue weighted by atomic mass is 19.1. The smallest absolute Gasteiger partial charge is 0.256 e. The molecule has 5 nitrogen and oxygen atoms in total. The largest absolute Gasteiger partial charge is 0.319 e. The molecule has 3 rings (SSSR count). The third-order valence-corrected chi connectivity index (χ3v) is 3.46. The standard InChI is InChI=1S/C17H15FN4O/c1-11-7-12(8-19-16(11)18)14-5-3-4-6-15(14)17(23)21-13-9-20-22(2)10-13/h3-10H,1-2H3,(H,21,23). The van der Waals surface area contributed by atoms with Crippen LogP contribution in [0.4, 0.5) is 10.1 Å². The summed E-state index contributed by atoms with van der Waals surface area (Å²) in [5.41, 5.74) is 2.93. The van der Waals surface area contributed by atoms with Crippen molar-refractivity contribution in [3.63, 3.8) is 0 Å². The number of rotatable bonds is 3. The summed E-state index contributed by atoms with van der Waals surface area (Å²) in [5.74, 6) is -0.762. The third kappa shape index (κ3) is 3.11. The molecule has 0 spiro atoms. The average molecular weight is 310 g/mol. The van der Waals surface area contributed by atoms with Gasteiger partial charge in [0.1, 0.15) is 0 Å². The van der Waals surface area contributed by atoms with Crippen LogP contribution in [0.1, 0.15) is 15.9 Å². The van der Waals surface area contributed by atoms with Crippen molar-refractivity contribution in [3.8, 4) is 11.1 Å². The minimum absolute atomic E-state index is 0.254. The first-order chi connectivity index (χ1) is 11.0. The third-order valence-electron chi connectivity index (χ3n) is 3.46. The van der Waals surface area contributed by atoms with Crippen LogP contribution in [0.5, 0.6) is 0 Å². The molecule has 0 unspecified atom stereocenters. The minimum Gasteiger partial charge on any atom is -0.319 e. The Bertz CT molecular complexity index is 873. The first-order valence-corrected chi connectivity index (χ1v) is 7.06. The Morgan fingerprint density at radius 1 is 1.26 bits per heavy atom. The highest BCUT2D eigenvalue weighted by Gasteiger charge is 2.14. The van der Waals surface area contributed by atoms with Gasteiger partial charge in [-0.05, 0) is 24.6 Å². The van der Waals surface area contributed by atoms with E-state index in [0.717, 1.165) is 0 Å². The lowest BCUT2D eigenvalue weighted by Crippen LogP contribution is -2.12. The van der Waals surface area contributed by atoms with E-state index in [0.29, 0.717) is 27.9 Å². The fraction of sp³-hybridized carbons (Fsp3) is 0.118. The molecule has 1 aromatic carbocycles. The molecule has 0 atom stereocenters. The topological polar surface area (TPSA) is 59.8 Å². The molecular weight excluding hydrogens is 295 g/mol. The quantitative estimate of drug-likeness (QED) is 0.756. The number of carbonyl (C=O) groups excluding carboxylic acids is 1. The zero-order valence-electron chi connectivity index (χ0n) is 12.7. The van der Waals surface area contributed by atoms with E-state index in [1.54, 1.807) is 49.2 Å². The molecule has 1 amide bonds. The van der Waals surface area contributed by atoms with Crippen LogP contribution in [0, 0.1) is 12.9 Å². The van der Waals surface area contributed by atoms with E-state index in [4.69, 9.17) is 0 Å². The van der Waals surface area contributed by atoms with Crippen LogP contribution < -0.4 is 5.32 Å². The number of nitrogens with one attached hydrogen (secondary N) is 1. The van der Waals surface area contributed by atoms with Gasteiger partial charge in [-0.15, -0.1) is 0 Å². The van der Waals surface area contributed by atoms with Gasteiger partial charge in [0, 0.05) is 36.1 Å². The van der Waals surface area contributed by atoms with E-state index in [2.05, 4.69) is 15.4 Å². The molecule has 0 radical (unpaired) electrons. The Morgan fingerprint density at radius 2 is 2.04 bits per heavy atom. The number of anilines is 1. The summed E-state index contributed by atoms with van der Waals surface area (Å²) in [6, 6.07) is 8.82. The number of aryl methyl sites for hydroxylation is 2. The zero-order chi connectivity index (χ0) is 16.4. The van der Waals surface area contributed by atoms with Crippen molar-refractivity contribution in [2.45, 2.75) is 6.92 Å². The number of amides is 1. The van der Waals surface area contributed by atoms with Crippen molar-refractivity contribution < 1.29 is 9.18 Å². The number of pyridine rings is 1. The normalized spacial score (nSPS) is 10.6. The monoisotopic (exact) mass is 310 g/mol. The first kappa shape index (κ1) is 14.9. The van der Waals surface area contributed by atoms with Crippen LogP contribution in [-0.4, -0.2) is 20.7 Å². The predicted octanol–water partition coefficient (Wildman–Crippen LogP) is 3.18. The lowest BCUT2D eigenvalue weighted by atomic mass is 9.99. The van der Waals surface area contributed by atoms with Gasteiger partial charge in [-0.2, -0.15) is 9.49 Å². The van der Waals surface area contributed by atoms with Crippen LogP contribution in [0.15, 0.2) is 48.9 Å². The van der Waals surface area contributed by atoms with Gasteiger partial charge in [-0.25, -0.2) is 4.98 Å². The Hall–Kier alpha value is -3.02. The summed E-state index contributed by atoms with van der Waals surface area (Å²) in [4.78, 5) is 16.3. The maximum Gasteiger partial charge on any atom is 0.256 e. The molecule has 0 saturated carbocycles. The molecule has 23 heavy (non-hydrogen) atoms. The minimum atomic E-state index is -0.508. The molecule has 0 fully saturated rings. The Morgan fingerprint density at radius 3 is 2.74 bits per heavy atom. The fourth-order valence-electron chi connectivity index (χ4n) is 2.32.